The first kappa shape index (κ1) is 28.4. The molecule has 4 aliphatic carbocycles. The van der Waals surface area contributed by atoms with Crippen LogP contribution >= 0.6 is 0 Å². The van der Waals surface area contributed by atoms with Crippen LogP contribution in [0.2, 0.25) is 0 Å². The third-order valence-corrected chi connectivity index (χ3v) is 9.61. The summed E-state index contributed by atoms with van der Waals surface area (Å²) in [5, 5.41) is 29.6. The molecule has 0 bridgehead atoms. The lowest BCUT2D eigenvalue weighted by Gasteiger charge is -2.45. The van der Waals surface area contributed by atoms with E-state index in [2.05, 4.69) is 19.6 Å². The van der Waals surface area contributed by atoms with Crippen molar-refractivity contribution in [1.29, 1.82) is 0 Å². The summed E-state index contributed by atoms with van der Waals surface area (Å²) in [6, 6.07) is 0. The van der Waals surface area contributed by atoms with E-state index < -0.39 is 30.2 Å². The lowest BCUT2D eigenvalue weighted by atomic mass is 9.59. The maximum absolute atomic E-state index is 13.1. The van der Waals surface area contributed by atoms with Crippen molar-refractivity contribution < 1.29 is 41.7 Å². The molecule has 0 aliphatic heterocycles. The van der Waals surface area contributed by atoms with E-state index >= 15 is 0 Å². The van der Waals surface area contributed by atoms with Crippen molar-refractivity contribution in [3.05, 3.63) is 47.6 Å². The standard InChI is InChI=1S/C28H36F6O3/c1-17-19(15-20(35)16-22(17)36)7-6-18-5-3-10-24(2)21(18)8-9-23(24)25(13-14-25)11-4-12-26(37,27(29,30)31)28(32,33)34/h4,6-7,12,20-23,35-37H,1,3,5,8-11,13-16H2,2H3/b12-4+,18-6+,19-7-/t20-,21+,22+,23?,24+/m1/s1. The molecule has 0 saturated heterocycles. The Morgan fingerprint density at radius 2 is 1.65 bits per heavy atom. The number of aliphatic hydroxyl groups is 3. The van der Waals surface area contributed by atoms with E-state index in [1.54, 1.807) is 0 Å². The fourth-order valence-corrected chi connectivity index (χ4v) is 7.38. The second kappa shape index (κ2) is 9.56. The Hall–Kier alpha value is -1.58. The molecule has 9 heteroatoms. The number of aliphatic hydroxyl groups excluding tert-OH is 2. The Morgan fingerprint density at radius 1 is 1.00 bits per heavy atom. The van der Waals surface area contributed by atoms with Gasteiger partial charge in [-0.1, -0.05) is 37.3 Å². The summed E-state index contributed by atoms with van der Waals surface area (Å²) < 4.78 is 78.4. The Kier molecular flexibility index (Phi) is 7.34. The fraction of sp³-hybridized carbons (Fsp3) is 0.714. The van der Waals surface area contributed by atoms with Crippen molar-refractivity contribution in [3.8, 4) is 0 Å². The third kappa shape index (κ3) is 5.08. The Labute approximate surface area is 213 Å². The first-order valence-electron chi connectivity index (χ1n) is 13.0. The van der Waals surface area contributed by atoms with E-state index in [1.807, 2.05) is 6.08 Å². The van der Waals surface area contributed by atoms with Gasteiger partial charge in [-0.15, -0.1) is 0 Å². The predicted molar refractivity (Wildman–Crippen MR) is 127 cm³/mol. The van der Waals surface area contributed by atoms with Crippen LogP contribution in [0.3, 0.4) is 0 Å². The average molecular weight is 535 g/mol. The quantitative estimate of drug-likeness (QED) is 0.271. The van der Waals surface area contributed by atoms with Gasteiger partial charge in [-0.2, -0.15) is 26.3 Å². The summed E-state index contributed by atoms with van der Waals surface area (Å²) in [4.78, 5) is 0. The van der Waals surface area contributed by atoms with E-state index in [4.69, 9.17) is 0 Å². The van der Waals surface area contributed by atoms with Crippen molar-refractivity contribution >= 4 is 0 Å². The molecule has 0 amide bonds. The second-order valence-electron chi connectivity index (χ2n) is 11.8. The van der Waals surface area contributed by atoms with E-state index in [-0.39, 0.29) is 41.6 Å². The number of allylic oxidation sites excluding steroid dienone is 4. The molecule has 5 atom stereocenters. The molecule has 0 aromatic heterocycles. The molecule has 1 unspecified atom stereocenters. The summed E-state index contributed by atoms with van der Waals surface area (Å²) in [5.41, 5.74) is -2.60. The number of hydrogen-bond donors (Lipinski definition) is 3. The number of hydrogen-bond acceptors (Lipinski definition) is 3. The normalized spacial score (nSPS) is 37.0. The molecule has 4 saturated carbocycles. The van der Waals surface area contributed by atoms with Crippen LogP contribution < -0.4 is 0 Å². The lowest BCUT2D eigenvalue weighted by molar-refractivity contribution is -0.347. The van der Waals surface area contributed by atoms with Crippen molar-refractivity contribution in [3.63, 3.8) is 0 Å². The van der Waals surface area contributed by atoms with Crippen LogP contribution in [0.15, 0.2) is 47.6 Å². The first-order valence-corrected chi connectivity index (χ1v) is 13.0. The number of fused-ring (bicyclic) bond motifs is 1. The van der Waals surface area contributed by atoms with E-state index in [0.717, 1.165) is 56.6 Å². The second-order valence-corrected chi connectivity index (χ2v) is 11.8. The zero-order chi connectivity index (χ0) is 27.4. The molecule has 3 N–H and O–H groups in total. The van der Waals surface area contributed by atoms with Crippen molar-refractivity contribution in [2.45, 2.75) is 101 Å². The lowest BCUT2D eigenvalue weighted by Crippen LogP contribution is -2.55. The molecule has 0 radical (unpaired) electrons. The van der Waals surface area contributed by atoms with Crippen molar-refractivity contribution in [2.24, 2.45) is 22.7 Å². The number of rotatable bonds is 5. The minimum atomic E-state index is -5.85. The summed E-state index contributed by atoms with van der Waals surface area (Å²) in [6.07, 6.45) is -1.46. The van der Waals surface area contributed by atoms with Gasteiger partial charge < -0.3 is 15.3 Å². The van der Waals surface area contributed by atoms with E-state index in [9.17, 15) is 41.7 Å². The molecule has 37 heavy (non-hydrogen) atoms. The Morgan fingerprint density at radius 3 is 2.24 bits per heavy atom. The summed E-state index contributed by atoms with van der Waals surface area (Å²) in [6.45, 7) is 6.16. The minimum Gasteiger partial charge on any atom is -0.393 e. The van der Waals surface area contributed by atoms with Gasteiger partial charge >= 0.3 is 12.4 Å². The largest absolute Gasteiger partial charge is 0.429 e. The average Bonchev–Trinajstić information content (AvgIpc) is 3.46. The highest BCUT2D eigenvalue weighted by molar-refractivity contribution is 5.39. The molecule has 0 heterocycles. The summed E-state index contributed by atoms with van der Waals surface area (Å²) in [5.74, 6) is 0.433. The summed E-state index contributed by atoms with van der Waals surface area (Å²) in [7, 11) is 0. The molecule has 208 valence electrons. The van der Waals surface area contributed by atoms with E-state index in [0.29, 0.717) is 12.0 Å². The maximum Gasteiger partial charge on any atom is 0.429 e. The highest BCUT2D eigenvalue weighted by Gasteiger charge is 2.69. The molecule has 3 nitrogen and oxygen atoms in total. The third-order valence-electron chi connectivity index (χ3n) is 9.61. The molecule has 0 spiro atoms. The first-order chi connectivity index (χ1) is 17.0. The number of halogens is 6. The topological polar surface area (TPSA) is 60.7 Å². The molecule has 0 aromatic carbocycles. The van der Waals surface area contributed by atoms with Gasteiger partial charge in [0.1, 0.15) is 0 Å². The molecular formula is C28H36F6O3. The van der Waals surface area contributed by atoms with E-state index in [1.165, 1.54) is 5.57 Å². The smallest absolute Gasteiger partial charge is 0.393 e. The molecule has 4 fully saturated rings. The van der Waals surface area contributed by atoms with Crippen LogP contribution in [0.1, 0.15) is 71.1 Å². The molecular weight excluding hydrogens is 498 g/mol. The Balaban J connectivity index is 1.52. The number of alkyl halides is 6. The maximum atomic E-state index is 13.1. The Bertz CT molecular complexity index is 973. The van der Waals surface area contributed by atoms with Gasteiger partial charge in [-0.05, 0) is 97.7 Å². The van der Waals surface area contributed by atoms with Gasteiger partial charge in [0.25, 0.3) is 5.60 Å². The van der Waals surface area contributed by atoms with Crippen LogP contribution in [-0.2, 0) is 0 Å². The predicted octanol–water partition coefficient (Wildman–Crippen LogP) is 6.71. The fourth-order valence-electron chi connectivity index (χ4n) is 7.38. The summed E-state index contributed by atoms with van der Waals surface area (Å²) >= 11 is 0. The van der Waals surface area contributed by atoms with Crippen LogP contribution in [0.5, 0.6) is 0 Å². The molecule has 4 rings (SSSR count). The van der Waals surface area contributed by atoms with Gasteiger partial charge in [-0.3, -0.25) is 0 Å². The van der Waals surface area contributed by atoms with Gasteiger partial charge in [-0.25, -0.2) is 0 Å². The molecule has 0 aromatic rings. The zero-order valence-corrected chi connectivity index (χ0v) is 21.0. The van der Waals surface area contributed by atoms with Crippen LogP contribution in [0.25, 0.3) is 0 Å². The van der Waals surface area contributed by atoms with Gasteiger partial charge in [0, 0.05) is 6.42 Å². The SMILES string of the molecule is C=C1/C(=C\C=C2/CCC[C@]3(C)C(C4(C/C=C/C(O)(C(F)(F)F)C(F)(F)F)CC4)CC[C@@H]23)C[C@@H](O)C[C@@H]1O. The molecule has 4 aliphatic rings. The highest BCUT2D eigenvalue weighted by Crippen LogP contribution is 2.70. The zero-order valence-electron chi connectivity index (χ0n) is 21.0. The van der Waals surface area contributed by atoms with Crippen molar-refractivity contribution in [1.82, 2.24) is 0 Å². The van der Waals surface area contributed by atoms with Gasteiger partial charge in [0.15, 0.2) is 0 Å². The minimum absolute atomic E-state index is 0.0765. The van der Waals surface area contributed by atoms with Crippen LogP contribution in [0, 0.1) is 22.7 Å². The van der Waals surface area contributed by atoms with Gasteiger partial charge in [0.2, 0.25) is 0 Å². The van der Waals surface area contributed by atoms with Crippen LogP contribution in [0.4, 0.5) is 26.3 Å². The monoisotopic (exact) mass is 534 g/mol. The van der Waals surface area contributed by atoms with Gasteiger partial charge in [0.05, 0.1) is 12.2 Å². The van der Waals surface area contributed by atoms with Crippen molar-refractivity contribution in [2.75, 3.05) is 0 Å². The van der Waals surface area contributed by atoms with Crippen LogP contribution in [-0.4, -0.2) is 45.5 Å². The highest BCUT2D eigenvalue weighted by atomic mass is 19.4.